The van der Waals surface area contributed by atoms with Crippen LogP contribution >= 0.6 is 11.6 Å². The van der Waals surface area contributed by atoms with Crippen molar-refractivity contribution in [2.45, 2.75) is 24.8 Å². The van der Waals surface area contributed by atoms with E-state index in [0.717, 1.165) is 16.5 Å². The molecule has 1 atom stereocenters. The van der Waals surface area contributed by atoms with Crippen molar-refractivity contribution >= 4 is 38.5 Å². The van der Waals surface area contributed by atoms with Crippen molar-refractivity contribution in [2.75, 3.05) is 7.05 Å². The Morgan fingerprint density at radius 2 is 1.81 bits per heavy atom. The number of hydrogen-bond donors (Lipinski definition) is 1. The van der Waals surface area contributed by atoms with E-state index in [2.05, 4.69) is 0 Å². The molecule has 27 heavy (non-hydrogen) atoms. The van der Waals surface area contributed by atoms with E-state index in [-0.39, 0.29) is 22.6 Å². The molecule has 8 heteroatoms. The molecule has 0 saturated heterocycles. The number of rotatable bonds is 4. The monoisotopic (exact) mass is 406 g/mol. The summed E-state index contributed by atoms with van der Waals surface area (Å²) in [4.78, 5) is 14.5. The Balaban J connectivity index is 1.90. The van der Waals surface area contributed by atoms with E-state index in [0.29, 0.717) is 10.6 Å². The molecule has 0 radical (unpaired) electrons. The Hall–Kier alpha value is -2.35. The van der Waals surface area contributed by atoms with Gasteiger partial charge in [-0.2, -0.15) is 0 Å². The largest absolute Gasteiger partial charge is 0.451 e. The molecule has 6 nitrogen and oxygen atoms in total. The normalized spacial score (nSPS) is 12.9. The van der Waals surface area contributed by atoms with Crippen LogP contribution in [-0.4, -0.2) is 26.3 Å². The molecule has 1 heterocycles. The number of hydrogen-bond acceptors (Lipinski definition) is 4. The molecule has 3 rings (SSSR count). The summed E-state index contributed by atoms with van der Waals surface area (Å²) in [5.74, 6) is -0.0226. The van der Waals surface area contributed by atoms with E-state index in [1.165, 1.54) is 17.0 Å². The number of halogens is 1. The minimum Gasteiger partial charge on any atom is -0.451 e. The third kappa shape index (κ3) is 3.71. The minimum absolute atomic E-state index is 0.0254. The van der Waals surface area contributed by atoms with Crippen LogP contribution < -0.4 is 5.14 Å². The molecule has 2 N–H and O–H groups in total. The Bertz CT molecular complexity index is 1120. The van der Waals surface area contributed by atoms with Crippen LogP contribution in [0.3, 0.4) is 0 Å². The number of nitrogens with two attached hydrogens (primary N) is 1. The van der Waals surface area contributed by atoms with Gasteiger partial charge >= 0.3 is 0 Å². The first kappa shape index (κ1) is 19.4. The molecule has 142 valence electrons. The SMILES string of the molecule is Cc1c(C(=O)N(C)C(C)c2ccc(S(N)(=O)=O)cc2)oc2ccc(Cl)cc12. The first-order chi connectivity index (χ1) is 12.6. The van der Waals surface area contributed by atoms with Crippen molar-refractivity contribution in [2.24, 2.45) is 5.14 Å². The second kappa shape index (κ2) is 6.99. The van der Waals surface area contributed by atoms with Gasteiger partial charge in [-0.3, -0.25) is 4.79 Å². The molecule has 3 aromatic rings. The number of furan rings is 1. The molecule has 0 aliphatic carbocycles. The molecule has 0 aliphatic rings. The molecule has 0 aliphatic heterocycles. The Labute approximate surface area is 162 Å². The van der Waals surface area contributed by atoms with Crippen molar-refractivity contribution in [3.8, 4) is 0 Å². The molecule has 2 aromatic carbocycles. The summed E-state index contributed by atoms with van der Waals surface area (Å²) >= 11 is 6.03. The van der Waals surface area contributed by atoms with Gasteiger partial charge in [-0.25, -0.2) is 13.6 Å². The van der Waals surface area contributed by atoms with Gasteiger partial charge in [0.05, 0.1) is 10.9 Å². The summed E-state index contributed by atoms with van der Waals surface area (Å²) in [6.07, 6.45) is 0. The lowest BCUT2D eigenvalue weighted by Gasteiger charge is -2.25. The van der Waals surface area contributed by atoms with E-state index < -0.39 is 10.0 Å². The number of benzene rings is 2. The van der Waals surface area contributed by atoms with Crippen molar-refractivity contribution in [3.63, 3.8) is 0 Å². The van der Waals surface area contributed by atoms with Crippen molar-refractivity contribution in [3.05, 3.63) is 64.4 Å². The number of primary sulfonamides is 1. The zero-order valence-corrected chi connectivity index (χ0v) is 16.6. The fourth-order valence-electron chi connectivity index (χ4n) is 2.89. The standard InChI is InChI=1S/C19H19ClN2O4S/c1-11-16-10-14(20)6-9-17(16)26-18(11)19(23)22(3)12(2)13-4-7-15(8-5-13)27(21,24)25/h4-10,12H,1-3H3,(H2,21,24,25). The van der Waals surface area contributed by atoms with Gasteiger partial charge in [0.15, 0.2) is 5.76 Å². The fraction of sp³-hybridized carbons (Fsp3) is 0.211. The van der Waals surface area contributed by atoms with Crippen LogP contribution in [-0.2, 0) is 10.0 Å². The number of nitrogens with zero attached hydrogens (tertiary/aromatic N) is 1. The van der Waals surface area contributed by atoms with Gasteiger partial charge in [-0.05, 0) is 49.7 Å². The van der Waals surface area contributed by atoms with Crippen LogP contribution in [0.15, 0.2) is 51.8 Å². The quantitative estimate of drug-likeness (QED) is 0.711. The number of aryl methyl sites for hydroxylation is 1. The first-order valence-electron chi connectivity index (χ1n) is 8.18. The number of amides is 1. The second-order valence-corrected chi connectivity index (χ2v) is 8.40. The number of carbonyl (C=O) groups is 1. The predicted octanol–water partition coefficient (Wildman–Crippen LogP) is 3.88. The predicted molar refractivity (Wildman–Crippen MR) is 104 cm³/mol. The molecule has 0 bridgehead atoms. The maximum absolute atomic E-state index is 12.9. The third-order valence-electron chi connectivity index (χ3n) is 4.68. The maximum Gasteiger partial charge on any atom is 0.290 e. The third-order valence-corrected chi connectivity index (χ3v) is 5.85. The summed E-state index contributed by atoms with van der Waals surface area (Å²) in [5.41, 5.74) is 2.09. The zero-order valence-electron chi connectivity index (χ0n) is 15.1. The van der Waals surface area contributed by atoms with Crippen LogP contribution in [0.1, 0.15) is 34.6 Å². The summed E-state index contributed by atoms with van der Waals surface area (Å²) in [5, 5.41) is 6.48. The summed E-state index contributed by atoms with van der Waals surface area (Å²) in [7, 11) is -2.09. The van der Waals surface area contributed by atoms with E-state index in [9.17, 15) is 13.2 Å². The average molecular weight is 407 g/mol. The summed E-state index contributed by atoms with van der Waals surface area (Å²) in [6.45, 7) is 3.66. The van der Waals surface area contributed by atoms with Gasteiger partial charge in [0.25, 0.3) is 5.91 Å². The Morgan fingerprint density at radius 1 is 1.19 bits per heavy atom. The molecule has 0 fully saturated rings. The van der Waals surface area contributed by atoms with Crippen LogP contribution in [0.5, 0.6) is 0 Å². The molecular weight excluding hydrogens is 388 g/mol. The smallest absolute Gasteiger partial charge is 0.290 e. The average Bonchev–Trinajstić information content (AvgIpc) is 2.95. The maximum atomic E-state index is 12.9. The van der Waals surface area contributed by atoms with E-state index in [4.69, 9.17) is 21.2 Å². The zero-order chi connectivity index (χ0) is 19.9. The first-order valence-corrected chi connectivity index (χ1v) is 10.1. The van der Waals surface area contributed by atoms with Crippen LogP contribution in [0.4, 0.5) is 0 Å². The van der Waals surface area contributed by atoms with Gasteiger partial charge < -0.3 is 9.32 Å². The van der Waals surface area contributed by atoms with Gasteiger partial charge in [0, 0.05) is 23.0 Å². The molecule has 0 saturated carbocycles. The van der Waals surface area contributed by atoms with E-state index >= 15 is 0 Å². The highest BCUT2D eigenvalue weighted by Crippen LogP contribution is 2.30. The highest BCUT2D eigenvalue weighted by atomic mass is 35.5. The van der Waals surface area contributed by atoms with Crippen molar-refractivity contribution < 1.29 is 17.6 Å². The second-order valence-electron chi connectivity index (χ2n) is 6.40. The number of carbonyl (C=O) groups excluding carboxylic acids is 1. The lowest BCUT2D eigenvalue weighted by Crippen LogP contribution is -2.29. The lowest BCUT2D eigenvalue weighted by molar-refractivity contribution is 0.0711. The van der Waals surface area contributed by atoms with Gasteiger partial charge in [-0.1, -0.05) is 23.7 Å². The van der Waals surface area contributed by atoms with E-state index in [1.54, 1.807) is 37.4 Å². The highest BCUT2D eigenvalue weighted by molar-refractivity contribution is 7.89. The van der Waals surface area contributed by atoms with Crippen molar-refractivity contribution in [1.29, 1.82) is 0 Å². The van der Waals surface area contributed by atoms with Gasteiger partial charge in [0.2, 0.25) is 10.0 Å². The molecule has 1 aromatic heterocycles. The topological polar surface area (TPSA) is 93.6 Å². The lowest BCUT2D eigenvalue weighted by atomic mass is 10.1. The summed E-state index contributed by atoms with van der Waals surface area (Å²) < 4.78 is 28.5. The number of sulfonamides is 1. The van der Waals surface area contributed by atoms with Crippen LogP contribution in [0, 0.1) is 6.92 Å². The van der Waals surface area contributed by atoms with Gasteiger partial charge in [-0.15, -0.1) is 0 Å². The molecule has 1 unspecified atom stereocenters. The highest BCUT2D eigenvalue weighted by Gasteiger charge is 2.25. The van der Waals surface area contributed by atoms with E-state index in [1.807, 2.05) is 13.8 Å². The Morgan fingerprint density at radius 3 is 2.41 bits per heavy atom. The van der Waals surface area contributed by atoms with Crippen molar-refractivity contribution in [1.82, 2.24) is 4.90 Å². The summed E-state index contributed by atoms with van der Waals surface area (Å²) in [6, 6.07) is 11.0. The Kier molecular flexibility index (Phi) is 5.03. The minimum atomic E-state index is -3.76. The molecular formula is C19H19ClN2O4S. The number of fused-ring (bicyclic) bond motifs is 1. The van der Waals surface area contributed by atoms with Crippen LogP contribution in [0.25, 0.3) is 11.0 Å². The molecule has 0 spiro atoms. The fourth-order valence-corrected chi connectivity index (χ4v) is 3.58. The van der Waals surface area contributed by atoms with Gasteiger partial charge in [0.1, 0.15) is 5.58 Å². The molecule has 1 amide bonds. The van der Waals surface area contributed by atoms with Crippen LogP contribution in [0.2, 0.25) is 5.02 Å².